The lowest BCUT2D eigenvalue weighted by atomic mass is 9.86. The van der Waals surface area contributed by atoms with Gasteiger partial charge in [0.2, 0.25) is 10.0 Å². The molecular formula is C14H19NO5S. The number of hydrogen-bond acceptors (Lipinski definition) is 4. The molecule has 0 aromatic heterocycles. The van der Waals surface area contributed by atoms with Gasteiger partial charge in [0, 0.05) is 6.04 Å². The standard InChI is InChI=1S/C14H19NO5S/c1-20-12-7-2-3-8-13(12)21(18,19)15-11-6-4-5-10(9-11)14(16)17/h2-3,7-8,10-11,15H,4-6,9H2,1H3,(H,16,17). The van der Waals surface area contributed by atoms with E-state index in [0.29, 0.717) is 25.7 Å². The summed E-state index contributed by atoms with van der Waals surface area (Å²) in [6, 6.07) is 6.01. The summed E-state index contributed by atoms with van der Waals surface area (Å²) in [6.45, 7) is 0. The first kappa shape index (κ1) is 15.8. The van der Waals surface area contributed by atoms with Crippen molar-refractivity contribution in [2.24, 2.45) is 5.92 Å². The van der Waals surface area contributed by atoms with Crippen LogP contribution in [0.1, 0.15) is 25.7 Å². The maximum absolute atomic E-state index is 12.4. The van der Waals surface area contributed by atoms with Crippen molar-refractivity contribution in [3.05, 3.63) is 24.3 Å². The van der Waals surface area contributed by atoms with Gasteiger partial charge in [0.1, 0.15) is 10.6 Å². The van der Waals surface area contributed by atoms with E-state index in [1.165, 1.54) is 13.2 Å². The number of carboxylic acids is 1. The van der Waals surface area contributed by atoms with E-state index in [4.69, 9.17) is 9.84 Å². The molecule has 1 saturated carbocycles. The molecule has 116 valence electrons. The molecule has 6 nitrogen and oxygen atoms in total. The van der Waals surface area contributed by atoms with Gasteiger partial charge >= 0.3 is 5.97 Å². The quantitative estimate of drug-likeness (QED) is 0.861. The number of benzene rings is 1. The van der Waals surface area contributed by atoms with Crippen molar-refractivity contribution < 1.29 is 23.1 Å². The summed E-state index contributed by atoms with van der Waals surface area (Å²) in [6.07, 6.45) is 2.28. The van der Waals surface area contributed by atoms with E-state index in [-0.39, 0.29) is 16.7 Å². The first-order chi connectivity index (χ1) is 9.94. The smallest absolute Gasteiger partial charge is 0.306 e. The maximum Gasteiger partial charge on any atom is 0.306 e. The van der Waals surface area contributed by atoms with E-state index in [1.54, 1.807) is 18.2 Å². The molecule has 1 aliphatic carbocycles. The molecule has 0 aliphatic heterocycles. The van der Waals surface area contributed by atoms with Crippen LogP contribution in [-0.2, 0) is 14.8 Å². The molecule has 2 rings (SSSR count). The number of carbonyl (C=O) groups is 1. The van der Waals surface area contributed by atoms with E-state index < -0.39 is 21.9 Å². The van der Waals surface area contributed by atoms with Gasteiger partial charge in [-0.05, 0) is 31.4 Å². The van der Waals surface area contributed by atoms with E-state index in [0.717, 1.165) is 0 Å². The third-order valence-electron chi connectivity index (χ3n) is 3.70. The van der Waals surface area contributed by atoms with Gasteiger partial charge in [-0.1, -0.05) is 18.6 Å². The average Bonchev–Trinajstić information content (AvgIpc) is 2.47. The molecule has 2 N–H and O–H groups in total. The average molecular weight is 313 g/mol. The van der Waals surface area contributed by atoms with Crippen LogP contribution in [-0.4, -0.2) is 32.6 Å². The highest BCUT2D eigenvalue weighted by atomic mass is 32.2. The number of para-hydroxylation sites is 1. The third kappa shape index (κ3) is 3.74. The fourth-order valence-electron chi connectivity index (χ4n) is 2.64. The second kappa shape index (κ2) is 6.44. The van der Waals surface area contributed by atoms with E-state index in [9.17, 15) is 13.2 Å². The van der Waals surface area contributed by atoms with E-state index in [1.807, 2.05) is 0 Å². The van der Waals surface area contributed by atoms with Gasteiger partial charge in [0.05, 0.1) is 13.0 Å². The lowest BCUT2D eigenvalue weighted by Gasteiger charge is -2.27. The number of rotatable bonds is 5. The molecule has 1 aromatic carbocycles. The lowest BCUT2D eigenvalue weighted by Crippen LogP contribution is -2.39. The molecule has 0 amide bonds. The molecule has 7 heteroatoms. The highest BCUT2D eigenvalue weighted by Gasteiger charge is 2.30. The number of carboxylic acid groups (broad SMARTS) is 1. The van der Waals surface area contributed by atoms with Gasteiger partial charge in [-0.15, -0.1) is 0 Å². The summed E-state index contributed by atoms with van der Waals surface area (Å²) in [5.74, 6) is -1.07. The van der Waals surface area contributed by atoms with Crippen LogP contribution in [0, 0.1) is 5.92 Å². The number of sulfonamides is 1. The molecule has 21 heavy (non-hydrogen) atoms. The van der Waals surface area contributed by atoms with Gasteiger partial charge in [-0.2, -0.15) is 0 Å². The number of nitrogens with one attached hydrogen (secondary N) is 1. The van der Waals surface area contributed by atoms with Crippen molar-refractivity contribution in [2.45, 2.75) is 36.6 Å². The molecule has 1 aromatic rings. The Bertz CT molecular complexity index is 614. The minimum Gasteiger partial charge on any atom is -0.495 e. The molecule has 0 bridgehead atoms. The second-order valence-electron chi connectivity index (χ2n) is 5.17. The van der Waals surface area contributed by atoms with Crippen molar-refractivity contribution >= 4 is 16.0 Å². The minimum absolute atomic E-state index is 0.0740. The summed E-state index contributed by atoms with van der Waals surface area (Å²) < 4.78 is 32.5. The fourth-order valence-corrected chi connectivity index (χ4v) is 4.10. The van der Waals surface area contributed by atoms with Crippen LogP contribution in [0.25, 0.3) is 0 Å². The molecular weight excluding hydrogens is 294 g/mol. The number of aliphatic carboxylic acids is 1. The summed E-state index contributed by atoms with van der Waals surface area (Å²) in [5, 5.41) is 9.06. The highest BCUT2D eigenvalue weighted by Crippen LogP contribution is 2.28. The molecule has 2 unspecified atom stereocenters. The molecule has 2 atom stereocenters. The van der Waals surface area contributed by atoms with Gasteiger partial charge in [-0.25, -0.2) is 13.1 Å². The Kier molecular flexibility index (Phi) is 4.84. The number of methoxy groups -OCH3 is 1. The summed E-state index contributed by atoms with van der Waals surface area (Å²) in [5.41, 5.74) is 0. The van der Waals surface area contributed by atoms with Crippen molar-refractivity contribution in [2.75, 3.05) is 7.11 Å². The lowest BCUT2D eigenvalue weighted by molar-refractivity contribution is -0.143. The van der Waals surface area contributed by atoms with Crippen LogP contribution >= 0.6 is 0 Å². The first-order valence-corrected chi connectivity index (χ1v) is 8.30. The Labute approximate surface area is 124 Å². The number of ether oxygens (including phenoxy) is 1. The van der Waals surface area contributed by atoms with Gasteiger partial charge < -0.3 is 9.84 Å². The van der Waals surface area contributed by atoms with Crippen molar-refractivity contribution in [1.82, 2.24) is 4.72 Å². The Morgan fingerprint density at radius 1 is 1.33 bits per heavy atom. The van der Waals surface area contributed by atoms with E-state index in [2.05, 4.69) is 4.72 Å². The zero-order chi connectivity index (χ0) is 15.5. The van der Waals surface area contributed by atoms with Crippen LogP contribution < -0.4 is 9.46 Å². The van der Waals surface area contributed by atoms with Gasteiger partial charge in [-0.3, -0.25) is 4.79 Å². The number of hydrogen-bond donors (Lipinski definition) is 2. The topological polar surface area (TPSA) is 92.7 Å². The van der Waals surface area contributed by atoms with Crippen LogP contribution in [0.4, 0.5) is 0 Å². The monoisotopic (exact) mass is 313 g/mol. The molecule has 1 fully saturated rings. The SMILES string of the molecule is COc1ccccc1S(=O)(=O)NC1CCCC(C(=O)O)C1. The molecule has 0 heterocycles. The molecule has 1 aliphatic rings. The van der Waals surface area contributed by atoms with Crippen molar-refractivity contribution in [1.29, 1.82) is 0 Å². The molecule has 0 spiro atoms. The fraction of sp³-hybridized carbons (Fsp3) is 0.500. The molecule has 0 saturated heterocycles. The van der Waals surface area contributed by atoms with Gasteiger partial charge in [0.25, 0.3) is 0 Å². The van der Waals surface area contributed by atoms with Crippen LogP contribution in [0.3, 0.4) is 0 Å². The Hall–Kier alpha value is -1.60. The van der Waals surface area contributed by atoms with Crippen LogP contribution in [0.15, 0.2) is 29.2 Å². The maximum atomic E-state index is 12.4. The third-order valence-corrected chi connectivity index (χ3v) is 5.26. The Balaban J connectivity index is 2.16. The largest absolute Gasteiger partial charge is 0.495 e. The summed E-state index contributed by atoms with van der Waals surface area (Å²) >= 11 is 0. The Morgan fingerprint density at radius 3 is 2.71 bits per heavy atom. The summed E-state index contributed by atoms with van der Waals surface area (Å²) in [7, 11) is -2.31. The minimum atomic E-state index is -3.72. The first-order valence-electron chi connectivity index (χ1n) is 6.82. The highest BCUT2D eigenvalue weighted by molar-refractivity contribution is 7.89. The van der Waals surface area contributed by atoms with Crippen LogP contribution in [0.2, 0.25) is 0 Å². The van der Waals surface area contributed by atoms with Crippen molar-refractivity contribution in [3.8, 4) is 5.75 Å². The predicted molar refractivity (Wildman–Crippen MR) is 76.7 cm³/mol. The zero-order valence-corrected chi connectivity index (χ0v) is 12.6. The zero-order valence-electron chi connectivity index (χ0n) is 11.8. The van der Waals surface area contributed by atoms with Crippen molar-refractivity contribution in [3.63, 3.8) is 0 Å². The van der Waals surface area contributed by atoms with Crippen LogP contribution in [0.5, 0.6) is 5.75 Å². The summed E-state index contributed by atoms with van der Waals surface area (Å²) in [4.78, 5) is 11.1. The van der Waals surface area contributed by atoms with E-state index >= 15 is 0 Å². The Morgan fingerprint density at radius 2 is 2.05 bits per heavy atom. The predicted octanol–water partition coefficient (Wildman–Crippen LogP) is 1.62. The molecule has 0 radical (unpaired) electrons. The second-order valence-corrected chi connectivity index (χ2v) is 6.85. The normalized spacial score (nSPS) is 22.7. The van der Waals surface area contributed by atoms with Gasteiger partial charge in [0.15, 0.2) is 0 Å².